The number of benzene rings is 3. The van der Waals surface area contributed by atoms with E-state index in [9.17, 15) is 14.7 Å². The molecule has 3 rings (SSSR count). The normalized spacial score (nSPS) is 10.5. The van der Waals surface area contributed by atoms with Crippen LogP contribution in [0.4, 0.5) is 11.4 Å². The molecule has 0 aliphatic carbocycles. The second-order valence-electron chi connectivity index (χ2n) is 6.69. The minimum absolute atomic E-state index is 0.127. The first-order valence-corrected chi connectivity index (χ1v) is 10.8. The van der Waals surface area contributed by atoms with Crippen LogP contribution in [0, 0.1) is 6.92 Å². The lowest BCUT2D eigenvalue weighted by molar-refractivity contribution is -0.113. The van der Waals surface area contributed by atoms with E-state index in [1.54, 1.807) is 30.3 Å². The number of aromatic hydroxyl groups is 1. The zero-order chi connectivity index (χ0) is 21.5. The van der Waals surface area contributed by atoms with Crippen LogP contribution in [0.1, 0.15) is 21.5 Å². The Hall–Kier alpha value is -2.96. The molecule has 0 aliphatic rings. The average molecular weight is 441 g/mol. The summed E-state index contributed by atoms with van der Waals surface area (Å²) < 4.78 is 0. The largest absolute Gasteiger partial charge is 0.506 e. The SMILES string of the molecule is Cc1cccc(C(=O)Nc2ccc(NC(=O)CSCc3ccccc3Cl)cc2O)c1. The third kappa shape index (κ3) is 6.02. The number of aryl methyl sites for hydroxylation is 1. The minimum atomic E-state index is -0.318. The van der Waals surface area contributed by atoms with Gasteiger partial charge in [0, 0.05) is 28.1 Å². The van der Waals surface area contributed by atoms with Crippen LogP contribution >= 0.6 is 23.4 Å². The van der Waals surface area contributed by atoms with Crippen molar-refractivity contribution in [3.63, 3.8) is 0 Å². The van der Waals surface area contributed by atoms with Gasteiger partial charge in [-0.3, -0.25) is 9.59 Å². The van der Waals surface area contributed by atoms with Crippen molar-refractivity contribution in [1.29, 1.82) is 0 Å². The molecule has 0 unspecified atom stereocenters. The second kappa shape index (κ2) is 10.2. The first-order valence-electron chi connectivity index (χ1n) is 9.24. The highest BCUT2D eigenvalue weighted by Crippen LogP contribution is 2.28. The van der Waals surface area contributed by atoms with Gasteiger partial charge in [-0.2, -0.15) is 0 Å². The van der Waals surface area contributed by atoms with E-state index in [4.69, 9.17) is 11.6 Å². The van der Waals surface area contributed by atoms with Crippen molar-refractivity contribution in [2.75, 3.05) is 16.4 Å². The molecule has 30 heavy (non-hydrogen) atoms. The zero-order valence-electron chi connectivity index (χ0n) is 16.3. The molecular weight excluding hydrogens is 420 g/mol. The Morgan fingerprint density at radius 1 is 1.00 bits per heavy atom. The van der Waals surface area contributed by atoms with E-state index < -0.39 is 0 Å². The number of phenolic OH excluding ortho intramolecular Hbond substituents is 1. The molecule has 0 heterocycles. The number of halogens is 1. The highest BCUT2D eigenvalue weighted by atomic mass is 35.5. The summed E-state index contributed by atoms with van der Waals surface area (Å²) >= 11 is 7.56. The van der Waals surface area contributed by atoms with Gasteiger partial charge in [-0.05, 0) is 42.8 Å². The minimum Gasteiger partial charge on any atom is -0.506 e. The molecule has 0 atom stereocenters. The summed E-state index contributed by atoms with van der Waals surface area (Å²) in [6, 6.07) is 19.3. The number of carbonyl (C=O) groups is 2. The number of thioether (sulfide) groups is 1. The number of hydrogen-bond donors (Lipinski definition) is 3. The summed E-state index contributed by atoms with van der Waals surface area (Å²) in [6.07, 6.45) is 0. The molecule has 0 radical (unpaired) electrons. The first-order chi connectivity index (χ1) is 14.4. The first kappa shape index (κ1) is 21.7. The molecule has 154 valence electrons. The van der Waals surface area contributed by atoms with Crippen LogP contribution in [0.5, 0.6) is 5.75 Å². The lowest BCUT2D eigenvalue weighted by atomic mass is 10.1. The summed E-state index contributed by atoms with van der Waals surface area (Å²) in [5.74, 6) is 0.238. The number of amides is 2. The predicted molar refractivity (Wildman–Crippen MR) is 123 cm³/mol. The summed E-state index contributed by atoms with van der Waals surface area (Å²) in [7, 11) is 0. The molecular formula is C23H21ClN2O3S. The van der Waals surface area contributed by atoms with Gasteiger partial charge in [0.25, 0.3) is 5.91 Å². The quantitative estimate of drug-likeness (QED) is 0.425. The maximum atomic E-state index is 12.3. The van der Waals surface area contributed by atoms with Crippen LogP contribution in [0.2, 0.25) is 5.02 Å². The molecule has 5 nitrogen and oxygen atoms in total. The highest BCUT2D eigenvalue weighted by Gasteiger charge is 2.11. The summed E-state index contributed by atoms with van der Waals surface area (Å²) in [6.45, 7) is 1.90. The van der Waals surface area contributed by atoms with Gasteiger partial charge in [0.05, 0.1) is 11.4 Å². The lowest BCUT2D eigenvalue weighted by Crippen LogP contribution is -2.15. The topological polar surface area (TPSA) is 78.4 Å². The van der Waals surface area contributed by atoms with Gasteiger partial charge < -0.3 is 15.7 Å². The molecule has 7 heteroatoms. The van der Waals surface area contributed by atoms with E-state index >= 15 is 0 Å². The van der Waals surface area contributed by atoms with Crippen LogP contribution in [0.15, 0.2) is 66.7 Å². The van der Waals surface area contributed by atoms with E-state index in [1.807, 2.05) is 37.3 Å². The molecule has 3 aromatic rings. The molecule has 3 aromatic carbocycles. The van der Waals surface area contributed by atoms with Gasteiger partial charge in [-0.15, -0.1) is 11.8 Å². The summed E-state index contributed by atoms with van der Waals surface area (Å²) in [5.41, 5.74) is 3.17. The third-order valence-corrected chi connectivity index (χ3v) is 5.61. The molecule has 0 fully saturated rings. The monoisotopic (exact) mass is 440 g/mol. The van der Waals surface area contributed by atoms with Crippen LogP contribution in [-0.2, 0) is 10.5 Å². The van der Waals surface area contributed by atoms with E-state index in [-0.39, 0.29) is 29.0 Å². The summed E-state index contributed by atoms with van der Waals surface area (Å²) in [4.78, 5) is 24.5. The number of anilines is 2. The lowest BCUT2D eigenvalue weighted by Gasteiger charge is -2.11. The van der Waals surface area contributed by atoms with Crippen molar-refractivity contribution in [1.82, 2.24) is 0 Å². The van der Waals surface area contributed by atoms with E-state index in [0.29, 0.717) is 22.0 Å². The predicted octanol–water partition coefficient (Wildman–Crippen LogP) is 5.48. The van der Waals surface area contributed by atoms with Crippen LogP contribution in [0.3, 0.4) is 0 Å². The molecule has 0 spiro atoms. The molecule has 0 bridgehead atoms. The second-order valence-corrected chi connectivity index (χ2v) is 8.08. The Kier molecular flexibility index (Phi) is 7.38. The van der Waals surface area contributed by atoms with Gasteiger partial charge in [0.15, 0.2) is 0 Å². The van der Waals surface area contributed by atoms with Gasteiger partial charge in [0.2, 0.25) is 5.91 Å². The number of phenols is 1. The van der Waals surface area contributed by atoms with Gasteiger partial charge in [-0.25, -0.2) is 0 Å². The fraction of sp³-hybridized carbons (Fsp3) is 0.130. The molecule has 3 N–H and O–H groups in total. The molecule has 0 aliphatic heterocycles. The van der Waals surface area contributed by atoms with Crippen molar-refractivity contribution in [2.45, 2.75) is 12.7 Å². The van der Waals surface area contributed by atoms with Crippen LogP contribution in [-0.4, -0.2) is 22.7 Å². The zero-order valence-corrected chi connectivity index (χ0v) is 17.9. The Labute approximate surface area is 184 Å². The average Bonchev–Trinajstić information content (AvgIpc) is 2.71. The maximum absolute atomic E-state index is 12.3. The Balaban J connectivity index is 1.53. The highest BCUT2D eigenvalue weighted by molar-refractivity contribution is 7.99. The van der Waals surface area contributed by atoms with Crippen molar-refractivity contribution in [3.8, 4) is 5.75 Å². The third-order valence-electron chi connectivity index (χ3n) is 4.26. The van der Waals surface area contributed by atoms with Crippen molar-refractivity contribution in [3.05, 3.63) is 88.4 Å². The molecule has 0 saturated carbocycles. The summed E-state index contributed by atoms with van der Waals surface area (Å²) in [5, 5.41) is 16.3. The van der Waals surface area contributed by atoms with Crippen LogP contribution in [0.25, 0.3) is 0 Å². The maximum Gasteiger partial charge on any atom is 0.255 e. The number of hydrogen-bond acceptors (Lipinski definition) is 4. The molecule has 0 aromatic heterocycles. The van der Waals surface area contributed by atoms with Crippen molar-refractivity contribution < 1.29 is 14.7 Å². The molecule has 2 amide bonds. The van der Waals surface area contributed by atoms with Gasteiger partial charge in [-0.1, -0.05) is 47.5 Å². The standard InChI is InChI=1S/C23H21ClN2O3S/c1-15-5-4-7-16(11-15)23(29)26-20-10-9-18(12-21(20)27)25-22(28)14-30-13-17-6-2-3-8-19(17)24/h2-12,27H,13-14H2,1H3,(H,25,28)(H,26,29). The van der Waals surface area contributed by atoms with Gasteiger partial charge in [0.1, 0.15) is 5.75 Å². The number of rotatable bonds is 7. The van der Waals surface area contributed by atoms with Crippen molar-refractivity contribution in [2.24, 2.45) is 0 Å². The van der Waals surface area contributed by atoms with Crippen molar-refractivity contribution >= 4 is 46.6 Å². The smallest absolute Gasteiger partial charge is 0.255 e. The van der Waals surface area contributed by atoms with E-state index in [2.05, 4.69) is 10.6 Å². The fourth-order valence-electron chi connectivity index (χ4n) is 2.76. The fourth-order valence-corrected chi connectivity index (χ4v) is 3.88. The number of nitrogens with one attached hydrogen (secondary N) is 2. The Bertz CT molecular complexity index is 1070. The van der Waals surface area contributed by atoms with E-state index in [1.165, 1.54) is 17.8 Å². The molecule has 0 saturated heterocycles. The van der Waals surface area contributed by atoms with E-state index in [0.717, 1.165) is 11.1 Å². The Morgan fingerprint density at radius 2 is 1.80 bits per heavy atom. The van der Waals surface area contributed by atoms with Gasteiger partial charge >= 0.3 is 0 Å². The van der Waals surface area contributed by atoms with Crippen LogP contribution < -0.4 is 10.6 Å². The number of carbonyl (C=O) groups excluding carboxylic acids is 2. The Morgan fingerprint density at radius 3 is 2.53 bits per heavy atom.